The van der Waals surface area contributed by atoms with Crippen molar-refractivity contribution in [3.8, 4) is 5.75 Å². The Morgan fingerprint density at radius 1 is 1.25 bits per heavy atom. The Bertz CT molecular complexity index is 553. The van der Waals surface area contributed by atoms with Crippen LogP contribution in [0.15, 0.2) is 24.3 Å². The summed E-state index contributed by atoms with van der Waals surface area (Å²) in [5.74, 6) is 0.199. The third-order valence-corrected chi connectivity index (χ3v) is 4.90. The second-order valence-corrected chi connectivity index (χ2v) is 6.74. The Balaban J connectivity index is 1.89. The van der Waals surface area contributed by atoms with Crippen LogP contribution in [0.25, 0.3) is 0 Å². The minimum atomic E-state index is -3.56. The number of anilines is 1. The van der Waals surface area contributed by atoms with Gasteiger partial charge in [-0.3, -0.25) is 0 Å². The molecule has 1 aromatic carbocycles. The van der Waals surface area contributed by atoms with Crippen LogP contribution in [0.4, 0.5) is 5.69 Å². The molecule has 1 heterocycles. The highest BCUT2D eigenvalue weighted by molar-refractivity contribution is 7.89. The molecule has 0 spiro atoms. The number of β-amino-alcohol motifs (C(OH)–C–C–N with tert-alkyl or cyclic N) is 2. The van der Waals surface area contributed by atoms with E-state index in [2.05, 4.69) is 0 Å². The van der Waals surface area contributed by atoms with E-state index in [0.717, 1.165) is 4.31 Å². The summed E-state index contributed by atoms with van der Waals surface area (Å²) in [7, 11) is -3.56. The Morgan fingerprint density at radius 3 is 2.45 bits per heavy atom. The molecule has 2 rings (SSSR count). The van der Waals surface area contributed by atoms with E-state index < -0.39 is 22.2 Å². The maximum atomic E-state index is 12.0. The molecule has 112 valence electrons. The smallest absolute Gasteiger partial charge is 0.217 e. The van der Waals surface area contributed by atoms with Crippen molar-refractivity contribution < 1.29 is 23.4 Å². The predicted octanol–water partition coefficient (Wildman–Crippen LogP) is -0.985. The summed E-state index contributed by atoms with van der Waals surface area (Å²) in [6, 6.07) is 6.82. The van der Waals surface area contributed by atoms with Gasteiger partial charge in [-0.25, -0.2) is 8.42 Å². The van der Waals surface area contributed by atoms with E-state index in [0.29, 0.717) is 11.4 Å². The predicted molar refractivity (Wildman–Crippen MR) is 73.7 cm³/mol. The van der Waals surface area contributed by atoms with Crippen LogP contribution in [0.5, 0.6) is 5.75 Å². The molecule has 8 heteroatoms. The second kappa shape index (κ2) is 5.96. The maximum Gasteiger partial charge on any atom is 0.217 e. The van der Waals surface area contributed by atoms with Crippen molar-refractivity contribution in [3.05, 3.63) is 24.3 Å². The lowest BCUT2D eigenvalue weighted by Gasteiger charge is -2.16. The van der Waals surface area contributed by atoms with Crippen LogP contribution in [0, 0.1) is 0 Å². The molecule has 0 unspecified atom stereocenters. The van der Waals surface area contributed by atoms with Gasteiger partial charge in [-0.2, -0.15) is 4.31 Å². The summed E-state index contributed by atoms with van der Waals surface area (Å²) in [6.45, 7) is -0.215. The first kappa shape index (κ1) is 15.0. The quantitative estimate of drug-likeness (QED) is 0.602. The zero-order valence-electron chi connectivity index (χ0n) is 10.8. The number of aliphatic hydroxyl groups excluding tert-OH is 2. The Morgan fingerprint density at radius 2 is 1.85 bits per heavy atom. The minimum absolute atomic E-state index is 0.0424. The number of nitrogens with zero attached hydrogens (tertiary/aromatic N) is 1. The molecule has 0 bridgehead atoms. The minimum Gasteiger partial charge on any atom is -0.490 e. The van der Waals surface area contributed by atoms with Crippen LogP contribution in [-0.4, -0.2) is 60.6 Å². The first-order valence-electron chi connectivity index (χ1n) is 6.21. The van der Waals surface area contributed by atoms with Gasteiger partial charge in [-0.15, -0.1) is 0 Å². The van der Waals surface area contributed by atoms with Gasteiger partial charge in [0.15, 0.2) is 0 Å². The van der Waals surface area contributed by atoms with Gasteiger partial charge in [0.1, 0.15) is 12.4 Å². The number of hydrogen-bond donors (Lipinski definition) is 3. The zero-order chi connectivity index (χ0) is 14.8. The number of sulfonamides is 1. The first-order chi connectivity index (χ1) is 9.40. The zero-order valence-corrected chi connectivity index (χ0v) is 11.7. The molecule has 0 aliphatic carbocycles. The van der Waals surface area contributed by atoms with Gasteiger partial charge in [0.2, 0.25) is 10.0 Å². The summed E-state index contributed by atoms with van der Waals surface area (Å²) in [5, 5.41) is 18.7. The highest BCUT2D eigenvalue weighted by Gasteiger charge is 2.36. The number of hydrogen-bond acceptors (Lipinski definition) is 6. The normalized spacial score (nSPS) is 23.9. The van der Waals surface area contributed by atoms with Crippen molar-refractivity contribution in [2.75, 3.05) is 31.2 Å². The van der Waals surface area contributed by atoms with E-state index in [1.165, 1.54) is 0 Å². The number of aliphatic hydroxyl groups is 2. The van der Waals surface area contributed by atoms with Crippen LogP contribution in [-0.2, 0) is 10.0 Å². The molecule has 1 aromatic rings. The van der Waals surface area contributed by atoms with Crippen molar-refractivity contribution in [1.82, 2.24) is 4.31 Å². The van der Waals surface area contributed by atoms with Crippen molar-refractivity contribution >= 4 is 15.7 Å². The molecule has 1 aliphatic heterocycles. The van der Waals surface area contributed by atoms with Crippen molar-refractivity contribution in [1.29, 1.82) is 0 Å². The summed E-state index contributed by atoms with van der Waals surface area (Å²) < 4.78 is 30.4. The second-order valence-electron chi connectivity index (χ2n) is 4.65. The average molecular weight is 302 g/mol. The molecule has 1 aliphatic rings. The molecule has 2 atom stereocenters. The van der Waals surface area contributed by atoms with Crippen molar-refractivity contribution in [3.63, 3.8) is 0 Å². The van der Waals surface area contributed by atoms with E-state index in [1.54, 1.807) is 24.3 Å². The van der Waals surface area contributed by atoms with E-state index in [1.807, 2.05) is 0 Å². The van der Waals surface area contributed by atoms with Crippen LogP contribution in [0.2, 0.25) is 0 Å². The van der Waals surface area contributed by atoms with Gasteiger partial charge in [-0.1, -0.05) is 12.1 Å². The Labute approximate surface area is 117 Å². The number of nitrogen functional groups attached to an aromatic ring is 1. The third-order valence-electron chi connectivity index (χ3n) is 3.14. The SMILES string of the molecule is Nc1ccccc1OCCS(=O)(=O)N1C[C@@H](O)[C@@H](O)C1. The van der Waals surface area contributed by atoms with E-state index in [-0.39, 0.29) is 25.4 Å². The van der Waals surface area contributed by atoms with E-state index in [9.17, 15) is 18.6 Å². The van der Waals surface area contributed by atoms with Gasteiger partial charge in [0.05, 0.1) is 23.6 Å². The fourth-order valence-corrected chi connectivity index (χ4v) is 3.27. The van der Waals surface area contributed by atoms with E-state index in [4.69, 9.17) is 10.5 Å². The van der Waals surface area contributed by atoms with E-state index >= 15 is 0 Å². The molecular weight excluding hydrogens is 284 g/mol. The van der Waals surface area contributed by atoms with Crippen LogP contribution < -0.4 is 10.5 Å². The van der Waals surface area contributed by atoms with Gasteiger partial charge in [-0.05, 0) is 12.1 Å². The topological polar surface area (TPSA) is 113 Å². The number of nitrogens with two attached hydrogens (primary N) is 1. The Hall–Kier alpha value is -1.35. The first-order valence-corrected chi connectivity index (χ1v) is 7.82. The molecule has 4 N–H and O–H groups in total. The standard InChI is InChI=1S/C12H18N2O5S/c13-9-3-1-2-4-12(9)19-5-6-20(17,18)14-7-10(15)11(16)8-14/h1-4,10-11,15-16H,5-8,13H2/t10-,11+. The van der Waals surface area contributed by atoms with Crippen LogP contribution in [0.3, 0.4) is 0 Å². The van der Waals surface area contributed by atoms with Gasteiger partial charge in [0.25, 0.3) is 0 Å². The molecule has 0 aromatic heterocycles. The van der Waals surface area contributed by atoms with Gasteiger partial charge >= 0.3 is 0 Å². The average Bonchev–Trinajstić information content (AvgIpc) is 2.73. The maximum absolute atomic E-state index is 12.0. The lowest BCUT2D eigenvalue weighted by atomic mass is 10.3. The summed E-state index contributed by atoms with van der Waals surface area (Å²) in [6.07, 6.45) is -2.06. The third kappa shape index (κ3) is 3.40. The van der Waals surface area contributed by atoms with Gasteiger partial charge < -0.3 is 20.7 Å². The number of ether oxygens (including phenoxy) is 1. The summed E-state index contributed by atoms with van der Waals surface area (Å²) in [5.41, 5.74) is 6.12. The number of rotatable bonds is 5. The molecule has 20 heavy (non-hydrogen) atoms. The molecule has 1 saturated heterocycles. The van der Waals surface area contributed by atoms with Crippen LogP contribution in [0.1, 0.15) is 0 Å². The van der Waals surface area contributed by atoms with Crippen molar-refractivity contribution in [2.24, 2.45) is 0 Å². The Kier molecular flexibility index (Phi) is 4.48. The highest BCUT2D eigenvalue weighted by Crippen LogP contribution is 2.20. The monoisotopic (exact) mass is 302 g/mol. The molecular formula is C12H18N2O5S. The number of para-hydroxylation sites is 2. The highest BCUT2D eigenvalue weighted by atomic mass is 32.2. The molecule has 1 fully saturated rings. The molecule has 0 radical (unpaired) electrons. The summed E-state index contributed by atoms with van der Waals surface area (Å²) in [4.78, 5) is 0. The summed E-state index contributed by atoms with van der Waals surface area (Å²) >= 11 is 0. The van der Waals surface area contributed by atoms with Gasteiger partial charge in [0, 0.05) is 13.1 Å². The fourth-order valence-electron chi connectivity index (χ4n) is 1.96. The lowest BCUT2D eigenvalue weighted by molar-refractivity contribution is 0.0572. The molecule has 7 nitrogen and oxygen atoms in total. The molecule has 0 amide bonds. The van der Waals surface area contributed by atoms with Crippen LogP contribution >= 0.6 is 0 Å². The number of benzene rings is 1. The fraction of sp³-hybridized carbons (Fsp3) is 0.500. The largest absolute Gasteiger partial charge is 0.490 e. The van der Waals surface area contributed by atoms with Crippen molar-refractivity contribution in [2.45, 2.75) is 12.2 Å². The molecule has 0 saturated carbocycles. The lowest BCUT2D eigenvalue weighted by Crippen LogP contribution is -2.33.